The van der Waals surface area contributed by atoms with Gasteiger partial charge in [-0.2, -0.15) is 0 Å². The van der Waals surface area contributed by atoms with Gasteiger partial charge < -0.3 is 9.80 Å². The Morgan fingerprint density at radius 3 is 2.60 bits per heavy atom. The second-order valence-electron chi connectivity index (χ2n) is 7.18. The molecule has 130 valence electrons. The Kier molecular flexibility index (Phi) is 4.68. The Balaban J connectivity index is 1.28. The summed E-state index contributed by atoms with van der Waals surface area (Å²) >= 11 is 0. The quantitative estimate of drug-likeness (QED) is 0.862. The molecule has 2 aliphatic heterocycles. The van der Waals surface area contributed by atoms with E-state index in [9.17, 15) is 4.79 Å². The maximum atomic E-state index is 12.5. The first-order chi connectivity index (χ1) is 12.3. The van der Waals surface area contributed by atoms with Crippen molar-refractivity contribution in [1.82, 2.24) is 9.88 Å². The van der Waals surface area contributed by atoms with Gasteiger partial charge in [0.05, 0.1) is 6.42 Å². The van der Waals surface area contributed by atoms with Crippen LogP contribution in [0.2, 0.25) is 0 Å². The molecule has 1 aromatic heterocycles. The van der Waals surface area contributed by atoms with Crippen LogP contribution in [-0.4, -0.2) is 42.0 Å². The molecule has 1 amide bonds. The van der Waals surface area contributed by atoms with Crippen LogP contribution in [0.3, 0.4) is 0 Å². The number of para-hydroxylation sites is 1. The number of benzene rings is 1. The van der Waals surface area contributed by atoms with Gasteiger partial charge in [-0.25, -0.2) is 0 Å². The number of hydrogen-bond donors (Lipinski definition) is 0. The molecule has 0 bridgehead atoms. The Morgan fingerprint density at radius 1 is 1.04 bits per heavy atom. The van der Waals surface area contributed by atoms with Crippen molar-refractivity contribution in [1.29, 1.82) is 0 Å². The highest BCUT2D eigenvalue weighted by atomic mass is 16.2. The molecule has 1 saturated heterocycles. The Labute approximate surface area is 149 Å². The summed E-state index contributed by atoms with van der Waals surface area (Å²) in [6.07, 6.45) is 7.39. The summed E-state index contributed by atoms with van der Waals surface area (Å²) in [5.41, 5.74) is 3.95. The fourth-order valence-electron chi connectivity index (χ4n) is 4.06. The van der Waals surface area contributed by atoms with Gasteiger partial charge >= 0.3 is 0 Å². The number of hydrogen-bond acceptors (Lipinski definition) is 3. The maximum absolute atomic E-state index is 12.5. The predicted octanol–water partition coefficient (Wildman–Crippen LogP) is 2.93. The summed E-state index contributed by atoms with van der Waals surface area (Å²) < 4.78 is 0. The monoisotopic (exact) mass is 335 g/mol. The number of amides is 1. The van der Waals surface area contributed by atoms with E-state index in [1.807, 2.05) is 17.0 Å². The number of fused-ring (bicyclic) bond motifs is 1. The number of nitrogens with zero attached hydrogens (tertiary/aromatic N) is 3. The second-order valence-corrected chi connectivity index (χ2v) is 7.18. The molecule has 4 heteroatoms. The summed E-state index contributed by atoms with van der Waals surface area (Å²) in [4.78, 5) is 21.1. The average Bonchev–Trinajstić information content (AvgIpc) is 3.06. The topological polar surface area (TPSA) is 36.4 Å². The van der Waals surface area contributed by atoms with Crippen LogP contribution in [0, 0.1) is 5.92 Å². The summed E-state index contributed by atoms with van der Waals surface area (Å²) in [6.45, 7) is 4.05. The molecule has 25 heavy (non-hydrogen) atoms. The van der Waals surface area contributed by atoms with Gasteiger partial charge in [-0.1, -0.05) is 18.2 Å². The van der Waals surface area contributed by atoms with E-state index >= 15 is 0 Å². The zero-order valence-electron chi connectivity index (χ0n) is 14.6. The number of anilines is 1. The second kappa shape index (κ2) is 7.26. The van der Waals surface area contributed by atoms with E-state index in [0.717, 1.165) is 44.6 Å². The summed E-state index contributed by atoms with van der Waals surface area (Å²) in [5.74, 6) is 0.937. The summed E-state index contributed by atoms with van der Waals surface area (Å²) in [5, 5.41) is 0. The first kappa shape index (κ1) is 16.1. The number of likely N-dealkylation sites (tertiary alicyclic amines) is 1. The molecular formula is C21H25N3O. The molecule has 1 aromatic carbocycles. The lowest BCUT2D eigenvalue weighted by Crippen LogP contribution is -2.42. The SMILES string of the molecule is O=C(Cc1ccncc1)N1CCC(CN2CCc3ccccc32)CC1. The predicted molar refractivity (Wildman–Crippen MR) is 99.6 cm³/mol. The molecule has 0 N–H and O–H groups in total. The van der Waals surface area contributed by atoms with E-state index in [0.29, 0.717) is 12.3 Å². The van der Waals surface area contributed by atoms with E-state index in [-0.39, 0.29) is 5.91 Å². The van der Waals surface area contributed by atoms with Crippen LogP contribution in [-0.2, 0) is 17.6 Å². The van der Waals surface area contributed by atoms with Gasteiger partial charge in [-0.05, 0) is 54.5 Å². The van der Waals surface area contributed by atoms with Crippen molar-refractivity contribution in [2.45, 2.75) is 25.7 Å². The largest absolute Gasteiger partial charge is 0.371 e. The van der Waals surface area contributed by atoms with Crippen LogP contribution >= 0.6 is 0 Å². The van der Waals surface area contributed by atoms with E-state index in [4.69, 9.17) is 0 Å². The molecule has 0 atom stereocenters. The first-order valence-corrected chi connectivity index (χ1v) is 9.29. The van der Waals surface area contributed by atoms with Crippen molar-refractivity contribution >= 4 is 11.6 Å². The van der Waals surface area contributed by atoms with Crippen LogP contribution < -0.4 is 4.90 Å². The third-order valence-electron chi connectivity index (χ3n) is 5.53. The minimum Gasteiger partial charge on any atom is -0.371 e. The standard InChI is InChI=1S/C21H25N3O/c25-21(15-17-5-10-22-11-6-17)23-12-7-18(8-13-23)16-24-14-9-19-3-1-2-4-20(19)24/h1-6,10-11,18H,7-9,12-16H2. The first-order valence-electron chi connectivity index (χ1n) is 9.29. The van der Waals surface area contributed by atoms with Gasteiger partial charge in [0.2, 0.25) is 5.91 Å². The Bertz CT molecular complexity index is 723. The van der Waals surface area contributed by atoms with Crippen molar-refractivity contribution in [3.8, 4) is 0 Å². The van der Waals surface area contributed by atoms with Crippen LogP contribution in [0.15, 0.2) is 48.8 Å². The number of pyridine rings is 1. The molecule has 0 saturated carbocycles. The van der Waals surface area contributed by atoms with Crippen molar-refractivity contribution in [3.05, 3.63) is 59.9 Å². The number of piperidine rings is 1. The van der Waals surface area contributed by atoms with E-state index in [2.05, 4.69) is 34.1 Å². The summed E-state index contributed by atoms with van der Waals surface area (Å²) in [7, 11) is 0. The van der Waals surface area contributed by atoms with Crippen molar-refractivity contribution in [2.24, 2.45) is 5.92 Å². The minimum atomic E-state index is 0.246. The van der Waals surface area contributed by atoms with Gasteiger partial charge in [-0.3, -0.25) is 9.78 Å². The fourth-order valence-corrected chi connectivity index (χ4v) is 4.06. The highest BCUT2D eigenvalue weighted by molar-refractivity contribution is 5.78. The van der Waals surface area contributed by atoms with Gasteiger partial charge in [-0.15, -0.1) is 0 Å². The highest BCUT2D eigenvalue weighted by Gasteiger charge is 2.26. The number of rotatable bonds is 4. The zero-order chi connectivity index (χ0) is 17.1. The number of carbonyl (C=O) groups excluding carboxylic acids is 1. The molecule has 1 fully saturated rings. The Hall–Kier alpha value is -2.36. The molecular weight excluding hydrogens is 310 g/mol. The third kappa shape index (κ3) is 3.68. The van der Waals surface area contributed by atoms with Crippen LogP contribution in [0.5, 0.6) is 0 Å². The fraction of sp³-hybridized carbons (Fsp3) is 0.429. The lowest BCUT2D eigenvalue weighted by Gasteiger charge is -2.34. The minimum absolute atomic E-state index is 0.246. The molecule has 2 aliphatic rings. The van der Waals surface area contributed by atoms with E-state index in [1.54, 1.807) is 12.4 Å². The van der Waals surface area contributed by atoms with Crippen molar-refractivity contribution in [2.75, 3.05) is 31.1 Å². The van der Waals surface area contributed by atoms with Crippen molar-refractivity contribution < 1.29 is 4.79 Å². The average molecular weight is 335 g/mol. The van der Waals surface area contributed by atoms with Gasteiger partial charge in [0.1, 0.15) is 0 Å². The molecule has 0 radical (unpaired) electrons. The van der Waals surface area contributed by atoms with Crippen molar-refractivity contribution in [3.63, 3.8) is 0 Å². The molecule has 0 unspecified atom stereocenters. The zero-order valence-corrected chi connectivity index (χ0v) is 14.6. The normalized spacial score (nSPS) is 17.6. The molecule has 2 aromatic rings. The van der Waals surface area contributed by atoms with Crippen LogP contribution in [0.25, 0.3) is 0 Å². The lowest BCUT2D eigenvalue weighted by molar-refractivity contribution is -0.131. The van der Waals surface area contributed by atoms with Crippen LogP contribution in [0.1, 0.15) is 24.0 Å². The Morgan fingerprint density at radius 2 is 1.80 bits per heavy atom. The summed E-state index contributed by atoms with van der Waals surface area (Å²) in [6, 6.07) is 12.6. The maximum Gasteiger partial charge on any atom is 0.226 e. The molecule has 4 rings (SSSR count). The molecule has 0 spiro atoms. The highest BCUT2D eigenvalue weighted by Crippen LogP contribution is 2.30. The number of aromatic nitrogens is 1. The molecule has 3 heterocycles. The third-order valence-corrected chi connectivity index (χ3v) is 5.53. The van der Waals surface area contributed by atoms with Gasteiger partial charge in [0.25, 0.3) is 0 Å². The molecule has 4 nitrogen and oxygen atoms in total. The van der Waals surface area contributed by atoms with Gasteiger partial charge in [0, 0.05) is 44.3 Å². The molecule has 0 aliphatic carbocycles. The van der Waals surface area contributed by atoms with E-state index in [1.165, 1.54) is 17.7 Å². The van der Waals surface area contributed by atoms with E-state index < -0.39 is 0 Å². The smallest absolute Gasteiger partial charge is 0.226 e. The number of carbonyl (C=O) groups is 1. The van der Waals surface area contributed by atoms with Crippen LogP contribution in [0.4, 0.5) is 5.69 Å². The van der Waals surface area contributed by atoms with Gasteiger partial charge in [0.15, 0.2) is 0 Å². The lowest BCUT2D eigenvalue weighted by atomic mass is 9.95.